The summed E-state index contributed by atoms with van der Waals surface area (Å²) in [5.74, 6) is 1.42. The molecule has 1 aliphatic heterocycles. The van der Waals surface area contributed by atoms with Gasteiger partial charge < -0.3 is 15.3 Å². The molecule has 7 nitrogen and oxygen atoms in total. The quantitative estimate of drug-likeness (QED) is 0.435. The second-order valence-corrected chi connectivity index (χ2v) is 9.40. The van der Waals surface area contributed by atoms with Crippen LogP contribution in [0.2, 0.25) is 0 Å². The molecule has 2 N–H and O–H groups in total. The summed E-state index contributed by atoms with van der Waals surface area (Å²) < 4.78 is 1.68. The van der Waals surface area contributed by atoms with Crippen LogP contribution in [-0.4, -0.2) is 58.0 Å². The molecule has 2 radical (unpaired) electrons. The number of hydrogen-bond acceptors (Lipinski definition) is 6. The number of nitrogens with one attached hydrogen (secondary N) is 1. The average molecular weight is 457 g/mol. The zero-order valence-corrected chi connectivity index (χ0v) is 19.0. The lowest BCUT2D eigenvalue weighted by molar-refractivity contribution is -0.132. The van der Waals surface area contributed by atoms with Crippen LogP contribution in [0.5, 0.6) is 5.75 Å². The van der Waals surface area contributed by atoms with E-state index < -0.39 is 0 Å². The molecule has 3 aromatic heterocycles. The first-order chi connectivity index (χ1) is 16.1. The monoisotopic (exact) mass is 457 g/mol. The second kappa shape index (κ2) is 9.27. The Hall–Kier alpha value is -3.33. The van der Waals surface area contributed by atoms with Gasteiger partial charge >= 0.3 is 0 Å². The van der Waals surface area contributed by atoms with Crippen LogP contribution in [0.4, 0.5) is 5.82 Å². The Bertz CT molecular complexity index is 1270. The molecule has 4 aromatic rings. The number of carbonyl (C=O) groups is 1. The van der Waals surface area contributed by atoms with Crippen molar-refractivity contribution in [2.75, 3.05) is 25.0 Å². The number of amides is 1. The van der Waals surface area contributed by atoms with Gasteiger partial charge in [0.15, 0.2) is 5.65 Å². The van der Waals surface area contributed by atoms with Gasteiger partial charge in [0, 0.05) is 42.3 Å². The molecule has 0 saturated carbocycles. The van der Waals surface area contributed by atoms with Gasteiger partial charge in [-0.15, -0.1) is 11.3 Å². The summed E-state index contributed by atoms with van der Waals surface area (Å²) in [6.45, 7) is 2.24. The number of aromatic hydroxyl groups is 1. The van der Waals surface area contributed by atoms with Crippen LogP contribution in [0.15, 0.2) is 54.0 Å². The number of benzene rings is 1. The number of aromatic nitrogens is 3. The second-order valence-electron chi connectivity index (χ2n) is 8.36. The Balaban J connectivity index is 1.33. The van der Waals surface area contributed by atoms with E-state index in [1.807, 2.05) is 40.6 Å². The highest BCUT2D eigenvalue weighted by atomic mass is 32.1. The van der Waals surface area contributed by atoms with E-state index in [4.69, 9.17) is 7.85 Å². The number of thiophene rings is 1. The predicted molar refractivity (Wildman–Crippen MR) is 131 cm³/mol. The summed E-state index contributed by atoms with van der Waals surface area (Å²) in [7, 11) is 6.10. The Morgan fingerprint density at radius 1 is 1.27 bits per heavy atom. The van der Waals surface area contributed by atoms with E-state index >= 15 is 0 Å². The Morgan fingerprint density at radius 3 is 2.97 bits per heavy atom. The van der Waals surface area contributed by atoms with Crippen molar-refractivity contribution in [1.29, 1.82) is 0 Å². The summed E-state index contributed by atoms with van der Waals surface area (Å²) in [5.41, 5.74) is 2.26. The first kappa shape index (κ1) is 21.5. The van der Waals surface area contributed by atoms with Crippen LogP contribution in [0, 0.1) is 5.92 Å². The maximum absolute atomic E-state index is 12.7. The van der Waals surface area contributed by atoms with E-state index in [9.17, 15) is 9.90 Å². The number of fused-ring (bicyclic) bond motifs is 1. The molecule has 1 saturated heterocycles. The molecule has 0 aliphatic carbocycles. The first-order valence-corrected chi connectivity index (χ1v) is 11.9. The molecule has 0 spiro atoms. The van der Waals surface area contributed by atoms with Crippen LogP contribution in [-0.2, 0) is 11.2 Å². The van der Waals surface area contributed by atoms with Crippen LogP contribution >= 0.6 is 11.3 Å². The zero-order chi connectivity index (χ0) is 22.8. The normalized spacial score (nSPS) is 16.2. The number of anilines is 1. The molecular formula is C24H24BN5O2S. The molecule has 1 atom stereocenters. The standard InChI is InChI=1S/C24H24BN5O2S/c25-19-14-27-30-22(12-20(28-24(19)30)18-7-1-2-8-21(18)31)26-13-16-5-3-9-29(15-16)23(32)11-17-6-4-10-33-17/h1-2,4,6-8,10,12,14,16,26,31H,3,5,9,11,13,15H2. The molecule has 5 rings (SSSR count). The molecular weight excluding hydrogens is 433 g/mol. The van der Waals surface area contributed by atoms with Crippen LogP contribution in [0.1, 0.15) is 17.7 Å². The number of nitrogens with zero attached hydrogens (tertiary/aromatic N) is 4. The summed E-state index contributed by atoms with van der Waals surface area (Å²) in [4.78, 5) is 20.5. The number of para-hydroxylation sites is 1. The summed E-state index contributed by atoms with van der Waals surface area (Å²) in [6.07, 6.45) is 4.09. The molecule has 1 unspecified atom stereocenters. The number of piperidine rings is 1. The van der Waals surface area contributed by atoms with Gasteiger partial charge in [0.2, 0.25) is 5.91 Å². The van der Waals surface area contributed by atoms with Gasteiger partial charge in [-0.1, -0.05) is 18.2 Å². The van der Waals surface area contributed by atoms with Crippen molar-refractivity contribution in [3.63, 3.8) is 0 Å². The lowest BCUT2D eigenvalue weighted by atomic mass is 9.97. The number of rotatable bonds is 6. The van der Waals surface area contributed by atoms with Gasteiger partial charge in [0.05, 0.1) is 12.1 Å². The average Bonchev–Trinajstić information content (AvgIpc) is 3.48. The van der Waals surface area contributed by atoms with E-state index in [-0.39, 0.29) is 11.7 Å². The maximum atomic E-state index is 12.7. The largest absolute Gasteiger partial charge is 0.507 e. The minimum atomic E-state index is 0.158. The van der Waals surface area contributed by atoms with Crippen LogP contribution in [0.3, 0.4) is 0 Å². The van der Waals surface area contributed by atoms with E-state index in [1.165, 1.54) is 0 Å². The zero-order valence-electron chi connectivity index (χ0n) is 18.1. The van der Waals surface area contributed by atoms with Crippen molar-refractivity contribution in [2.45, 2.75) is 19.3 Å². The van der Waals surface area contributed by atoms with E-state index in [2.05, 4.69) is 15.4 Å². The van der Waals surface area contributed by atoms with Gasteiger partial charge in [-0.05, 0) is 47.8 Å². The van der Waals surface area contributed by atoms with Gasteiger partial charge in [-0.2, -0.15) is 9.61 Å². The topological polar surface area (TPSA) is 82.8 Å². The smallest absolute Gasteiger partial charge is 0.227 e. The molecule has 166 valence electrons. The van der Waals surface area contributed by atoms with Crippen molar-refractivity contribution in [2.24, 2.45) is 5.92 Å². The van der Waals surface area contributed by atoms with Crippen molar-refractivity contribution in [1.82, 2.24) is 19.5 Å². The maximum Gasteiger partial charge on any atom is 0.227 e. The fraction of sp³-hybridized carbons (Fsp3) is 0.292. The Morgan fingerprint density at radius 2 is 2.15 bits per heavy atom. The van der Waals surface area contributed by atoms with Crippen molar-refractivity contribution in [3.05, 3.63) is 58.9 Å². The summed E-state index contributed by atoms with van der Waals surface area (Å²) in [5, 5.41) is 20.2. The number of hydrogen-bond donors (Lipinski definition) is 2. The van der Waals surface area contributed by atoms with E-state index in [1.54, 1.807) is 34.2 Å². The Labute approximate surface area is 197 Å². The highest BCUT2D eigenvalue weighted by molar-refractivity contribution is 7.10. The van der Waals surface area contributed by atoms with Crippen LogP contribution < -0.4 is 10.8 Å². The molecule has 4 heterocycles. The van der Waals surface area contributed by atoms with Gasteiger partial charge in [-0.25, -0.2) is 4.98 Å². The van der Waals surface area contributed by atoms with Crippen LogP contribution in [0.25, 0.3) is 16.9 Å². The highest BCUT2D eigenvalue weighted by Crippen LogP contribution is 2.29. The fourth-order valence-corrected chi connectivity index (χ4v) is 5.01. The predicted octanol–water partition coefficient (Wildman–Crippen LogP) is 2.85. The third-order valence-electron chi connectivity index (χ3n) is 6.03. The third-order valence-corrected chi connectivity index (χ3v) is 6.90. The number of phenolic OH excluding ortho intramolecular Hbond substituents is 1. The number of phenols is 1. The van der Waals surface area contributed by atoms with Crippen molar-refractivity contribution >= 4 is 42.0 Å². The van der Waals surface area contributed by atoms with Crippen molar-refractivity contribution in [3.8, 4) is 17.0 Å². The SMILES string of the molecule is [B]c1cnn2c(NCC3CCCN(C(=O)Cc4cccs4)C3)cc(-c3ccccc3O)nc12. The van der Waals surface area contributed by atoms with Gasteiger partial charge in [0.25, 0.3) is 0 Å². The molecule has 33 heavy (non-hydrogen) atoms. The minimum Gasteiger partial charge on any atom is -0.507 e. The summed E-state index contributed by atoms with van der Waals surface area (Å²) >= 11 is 1.62. The minimum absolute atomic E-state index is 0.158. The lowest BCUT2D eigenvalue weighted by Crippen LogP contribution is -2.42. The molecule has 1 aliphatic rings. The first-order valence-electron chi connectivity index (χ1n) is 11.0. The third kappa shape index (κ3) is 4.59. The van der Waals surface area contributed by atoms with E-state index in [0.717, 1.165) is 36.6 Å². The molecule has 9 heteroatoms. The molecule has 1 amide bonds. The summed E-state index contributed by atoms with van der Waals surface area (Å²) in [6, 6.07) is 13.0. The number of likely N-dealkylation sites (tertiary alicyclic amines) is 1. The Kier molecular flexibility index (Phi) is 6.04. The fourth-order valence-electron chi connectivity index (χ4n) is 4.32. The van der Waals surface area contributed by atoms with Gasteiger partial charge in [-0.3, -0.25) is 4.79 Å². The van der Waals surface area contributed by atoms with Crippen molar-refractivity contribution < 1.29 is 9.90 Å². The number of carbonyl (C=O) groups excluding carboxylic acids is 1. The highest BCUT2D eigenvalue weighted by Gasteiger charge is 2.24. The van der Waals surface area contributed by atoms with Gasteiger partial charge in [0.1, 0.15) is 19.4 Å². The van der Waals surface area contributed by atoms with E-state index in [0.29, 0.717) is 41.3 Å². The molecule has 0 bridgehead atoms. The molecule has 1 aromatic carbocycles. The molecule has 1 fully saturated rings. The lowest BCUT2D eigenvalue weighted by Gasteiger charge is -2.33.